The van der Waals surface area contributed by atoms with Gasteiger partial charge in [0.25, 0.3) is 0 Å². The first kappa shape index (κ1) is 28.8. The molecule has 8 atom stereocenters. The van der Waals surface area contributed by atoms with Crippen LogP contribution in [-0.2, 0) is 47.6 Å². The standard InChI is InChI=1S/C27H38O10/c1-14-8-10-20(33-16(3)28)15(2)9-11-22(35-18(5)30)27(6)25(37-27)24-23(21(12-14)34-17(4)29)19(13-32-7)26(31)36-24/h8-9,19-25H,10-13H2,1-7H3/b14-8+,15-9+/t19-,20-,21+,22+,23+,24-,25-,27-/m0/s1. The molecule has 2 aliphatic heterocycles. The fourth-order valence-corrected chi connectivity index (χ4v) is 5.40. The van der Waals surface area contributed by atoms with Gasteiger partial charge in [0.2, 0.25) is 0 Å². The molecule has 1 aliphatic carbocycles. The zero-order valence-electron chi connectivity index (χ0n) is 22.6. The number of methoxy groups -OCH3 is 1. The SMILES string of the molecule is COC[C@@H]1C(=O)O[C@H]2[C@H]1[C@H](OC(C)=O)C/C(C)=C/C[C@H](OC(C)=O)/C(C)=C/C[C@@H](OC(C)=O)[C@]1(C)O[C@@H]21. The molecule has 206 valence electrons. The Kier molecular flexibility index (Phi) is 9.18. The van der Waals surface area contributed by atoms with Crippen molar-refractivity contribution in [3.63, 3.8) is 0 Å². The van der Waals surface area contributed by atoms with Gasteiger partial charge in [0.05, 0.1) is 18.4 Å². The van der Waals surface area contributed by atoms with E-state index < -0.39 is 71.8 Å². The first-order chi connectivity index (χ1) is 17.4. The lowest BCUT2D eigenvalue weighted by atomic mass is 9.79. The quantitative estimate of drug-likeness (QED) is 0.230. The predicted molar refractivity (Wildman–Crippen MR) is 130 cm³/mol. The maximum atomic E-state index is 12.9. The highest BCUT2D eigenvalue weighted by Gasteiger charge is 2.68. The Morgan fingerprint density at radius 1 is 1.00 bits per heavy atom. The Morgan fingerprint density at radius 3 is 2.24 bits per heavy atom. The summed E-state index contributed by atoms with van der Waals surface area (Å²) in [5, 5.41) is 0. The van der Waals surface area contributed by atoms with Crippen molar-refractivity contribution >= 4 is 23.9 Å². The maximum absolute atomic E-state index is 12.9. The van der Waals surface area contributed by atoms with Crippen LogP contribution in [0.2, 0.25) is 0 Å². The lowest BCUT2D eigenvalue weighted by Gasteiger charge is -2.30. The number of rotatable bonds is 5. The molecule has 0 spiro atoms. The van der Waals surface area contributed by atoms with Gasteiger partial charge in [-0.05, 0) is 26.3 Å². The summed E-state index contributed by atoms with van der Waals surface area (Å²) >= 11 is 0. The molecule has 10 heteroatoms. The fourth-order valence-electron chi connectivity index (χ4n) is 5.40. The normalized spacial score (nSPS) is 38.8. The summed E-state index contributed by atoms with van der Waals surface area (Å²) in [5.74, 6) is -3.04. The monoisotopic (exact) mass is 522 g/mol. The van der Waals surface area contributed by atoms with Crippen molar-refractivity contribution in [1.29, 1.82) is 0 Å². The van der Waals surface area contributed by atoms with E-state index in [0.717, 1.165) is 11.1 Å². The van der Waals surface area contributed by atoms with Crippen LogP contribution >= 0.6 is 0 Å². The van der Waals surface area contributed by atoms with Crippen LogP contribution in [0, 0.1) is 11.8 Å². The summed E-state index contributed by atoms with van der Waals surface area (Å²) in [7, 11) is 1.49. The second-order valence-electron chi connectivity index (χ2n) is 10.3. The van der Waals surface area contributed by atoms with Crippen molar-refractivity contribution in [3.05, 3.63) is 23.3 Å². The van der Waals surface area contributed by atoms with Gasteiger partial charge in [-0.25, -0.2) is 0 Å². The van der Waals surface area contributed by atoms with Gasteiger partial charge in [-0.2, -0.15) is 0 Å². The van der Waals surface area contributed by atoms with E-state index in [2.05, 4.69) is 0 Å². The van der Waals surface area contributed by atoms with Crippen LogP contribution in [0.25, 0.3) is 0 Å². The third kappa shape index (κ3) is 6.78. The Hall–Kier alpha value is -2.72. The first-order valence-electron chi connectivity index (χ1n) is 12.6. The summed E-state index contributed by atoms with van der Waals surface area (Å²) < 4.78 is 34.2. The molecule has 0 aromatic heterocycles. The van der Waals surface area contributed by atoms with Gasteiger partial charge in [0.1, 0.15) is 36.1 Å². The number of carbonyl (C=O) groups excluding carboxylic acids is 4. The molecule has 37 heavy (non-hydrogen) atoms. The third-order valence-corrected chi connectivity index (χ3v) is 7.30. The first-order valence-corrected chi connectivity index (χ1v) is 12.6. The molecule has 0 unspecified atom stereocenters. The zero-order chi connectivity index (χ0) is 27.5. The van der Waals surface area contributed by atoms with Gasteiger partial charge in [-0.3, -0.25) is 19.2 Å². The van der Waals surface area contributed by atoms with Gasteiger partial charge in [-0.15, -0.1) is 0 Å². The molecule has 0 amide bonds. The predicted octanol–water partition coefficient (Wildman–Crippen LogP) is 2.82. The van der Waals surface area contributed by atoms with Crippen LogP contribution in [0.4, 0.5) is 0 Å². The molecule has 0 aromatic carbocycles. The fraction of sp³-hybridized carbons (Fsp3) is 0.704. The van der Waals surface area contributed by atoms with Crippen LogP contribution in [0.15, 0.2) is 23.3 Å². The summed E-state index contributed by atoms with van der Waals surface area (Å²) in [4.78, 5) is 48.8. The topological polar surface area (TPSA) is 127 Å². The smallest absolute Gasteiger partial charge is 0.312 e. The van der Waals surface area contributed by atoms with Crippen LogP contribution in [0.1, 0.15) is 60.8 Å². The molecule has 0 bridgehead atoms. The van der Waals surface area contributed by atoms with Crippen molar-refractivity contribution in [3.8, 4) is 0 Å². The molecule has 3 rings (SSSR count). The molecular weight excluding hydrogens is 484 g/mol. The van der Waals surface area contributed by atoms with Crippen LogP contribution in [-0.4, -0.2) is 73.7 Å². The van der Waals surface area contributed by atoms with E-state index in [1.54, 1.807) is 0 Å². The van der Waals surface area contributed by atoms with Crippen LogP contribution in [0.5, 0.6) is 0 Å². The zero-order valence-corrected chi connectivity index (χ0v) is 22.6. The second kappa shape index (κ2) is 11.8. The molecule has 10 nitrogen and oxygen atoms in total. The Labute approximate surface area is 217 Å². The maximum Gasteiger partial charge on any atom is 0.312 e. The van der Waals surface area contributed by atoms with Crippen molar-refractivity contribution in [1.82, 2.24) is 0 Å². The number of epoxide rings is 1. The number of hydrogen-bond acceptors (Lipinski definition) is 10. The highest BCUT2D eigenvalue weighted by molar-refractivity contribution is 5.76. The van der Waals surface area contributed by atoms with Crippen molar-refractivity contribution in [2.45, 2.75) is 96.9 Å². The average Bonchev–Trinajstić information content (AvgIpc) is 3.38. The number of carbonyl (C=O) groups is 4. The molecule has 2 fully saturated rings. The summed E-state index contributed by atoms with van der Waals surface area (Å²) in [6, 6.07) is 0. The number of fused-ring (bicyclic) bond motifs is 3. The molecule has 0 saturated carbocycles. The van der Waals surface area contributed by atoms with E-state index in [9.17, 15) is 19.2 Å². The summed E-state index contributed by atoms with van der Waals surface area (Å²) in [6.45, 7) is 9.65. The largest absolute Gasteiger partial charge is 0.462 e. The molecule has 2 saturated heterocycles. The van der Waals surface area contributed by atoms with Gasteiger partial charge in [0.15, 0.2) is 0 Å². The van der Waals surface area contributed by atoms with Crippen molar-refractivity contribution < 1.29 is 47.6 Å². The average molecular weight is 523 g/mol. The minimum absolute atomic E-state index is 0.0911. The van der Waals surface area contributed by atoms with Crippen molar-refractivity contribution in [2.75, 3.05) is 13.7 Å². The Morgan fingerprint density at radius 2 is 1.65 bits per heavy atom. The number of hydrogen-bond donors (Lipinski definition) is 0. The van der Waals surface area contributed by atoms with E-state index >= 15 is 0 Å². The minimum atomic E-state index is -0.944. The molecule has 3 aliphatic rings. The van der Waals surface area contributed by atoms with E-state index in [1.807, 2.05) is 32.9 Å². The lowest BCUT2D eigenvalue weighted by molar-refractivity contribution is -0.152. The van der Waals surface area contributed by atoms with Gasteiger partial charge in [0, 0.05) is 47.1 Å². The Bertz CT molecular complexity index is 968. The number of esters is 4. The van der Waals surface area contributed by atoms with E-state index in [-0.39, 0.29) is 6.61 Å². The summed E-state index contributed by atoms with van der Waals surface area (Å²) in [6.07, 6.45) is 1.65. The van der Waals surface area contributed by atoms with Gasteiger partial charge < -0.3 is 28.4 Å². The van der Waals surface area contributed by atoms with Gasteiger partial charge in [-0.1, -0.05) is 17.7 Å². The lowest BCUT2D eigenvalue weighted by Crippen LogP contribution is -2.43. The minimum Gasteiger partial charge on any atom is -0.462 e. The van der Waals surface area contributed by atoms with Crippen LogP contribution in [0.3, 0.4) is 0 Å². The molecule has 0 aromatic rings. The Balaban J connectivity index is 2.08. The van der Waals surface area contributed by atoms with Crippen molar-refractivity contribution in [2.24, 2.45) is 11.8 Å². The molecule has 0 N–H and O–H groups in total. The molecule has 0 radical (unpaired) electrons. The van der Waals surface area contributed by atoms with E-state index in [0.29, 0.717) is 19.3 Å². The highest BCUT2D eigenvalue weighted by atomic mass is 16.7. The molecular formula is C27H38O10. The highest BCUT2D eigenvalue weighted by Crippen LogP contribution is 2.51. The van der Waals surface area contributed by atoms with Crippen LogP contribution < -0.4 is 0 Å². The van der Waals surface area contributed by atoms with E-state index in [1.165, 1.54) is 27.9 Å². The third-order valence-electron chi connectivity index (χ3n) is 7.30. The molecule has 2 heterocycles. The number of ether oxygens (including phenoxy) is 6. The summed E-state index contributed by atoms with van der Waals surface area (Å²) in [5.41, 5.74) is 0.760. The van der Waals surface area contributed by atoms with Gasteiger partial charge >= 0.3 is 23.9 Å². The van der Waals surface area contributed by atoms with E-state index in [4.69, 9.17) is 28.4 Å². The second-order valence-corrected chi connectivity index (χ2v) is 10.3.